The molecule has 0 unspecified atom stereocenters. The predicted molar refractivity (Wildman–Crippen MR) is 153 cm³/mol. The van der Waals surface area contributed by atoms with Crippen molar-refractivity contribution in [3.63, 3.8) is 0 Å². The van der Waals surface area contributed by atoms with Crippen LogP contribution in [-0.2, 0) is 23.0 Å². The summed E-state index contributed by atoms with van der Waals surface area (Å²) in [5.74, 6) is 0.696. The van der Waals surface area contributed by atoms with Crippen molar-refractivity contribution in [2.75, 3.05) is 33.8 Å². The van der Waals surface area contributed by atoms with Crippen LogP contribution in [0.5, 0.6) is 5.75 Å². The number of rotatable bonds is 11. The summed E-state index contributed by atoms with van der Waals surface area (Å²) in [7, 11) is 0.153. The molecule has 4 aromatic rings. The van der Waals surface area contributed by atoms with Crippen molar-refractivity contribution in [2.24, 2.45) is 0 Å². The number of benzene rings is 1. The molecule has 0 amide bonds. The maximum absolute atomic E-state index is 13.4. The first-order valence-corrected chi connectivity index (χ1v) is 15.0. The number of fused-ring (bicyclic) bond motifs is 1. The van der Waals surface area contributed by atoms with Crippen molar-refractivity contribution in [1.29, 1.82) is 0 Å². The number of aromatic amines is 1. The highest BCUT2D eigenvalue weighted by Crippen LogP contribution is 2.33. The Balaban J connectivity index is 1.60. The van der Waals surface area contributed by atoms with Crippen LogP contribution in [0.3, 0.4) is 0 Å². The highest BCUT2D eigenvalue weighted by Gasteiger charge is 2.38. The highest BCUT2D eigenvalue weighted by molar-refractivity contribution is 7.89. The zero-order valence-corrected chi connectivity index (χ0v) is 24.1. The lowest BCUT2D eigenvalue weighted by Crippen LogP contribution is -2.58. The normalized spacial score (nSPS) is 14.6. The summed E-state index contributed by atoms with van der Waals surface area (Å²) in [6, 6.07) is 10.6. The highest BCUT2D eigenvalue weighted by atomic mass is 32.2. The van der Waals surface area contributed by atoms with E-state index in [-0.39, 0.29) is 22.3 Å². The van der Waals surface area contributed by atoms with Crippen molar-refractivity contribution in [1.82, 2.24) is 33.9 Å². The summed E-state index contributed by atoms with van der Waals surface area (Å²) >= 11 is 0. The minimum atomic E-state index is -3.73. The lowest BCUT2D eigenvalue weighted by Gasteiger charge is -2.41. The number of hydrogen-bond acceptors (Lipinski definition) is 8. The Hall–Kier alpha value is -3.61. The quantitative estimate of drug-likeness (QED) is 0.294. The maximum Gasteiger partial charge on any atom is 0.279 e. The largest absolute Gasteiger partial charge is 0.493 e. The summed E-state index contributed by atoms with van der Waals surface area (Å²) in [4.78, 5) is 27.5. The number of aryl methyl sites for hydroxylation is 1. The van der Waals surface area contributed by atoms with Gasteiger partial charge < -0.3 is 14.6 Å². The van der Waals surface area contributed by atoms with Crippen LogP contribution in [0.15, 0.2) is 52.3 Å². The van der Waals surface area contributed by atoms with E-state index in [2.05, 4.69) is 22.0 Å². The van der Waals surface area contributed by atoms with Gasteiger partial charge in [-0.1, -0.05) is 26.3 Å². The second kappa shape index (κ2) is 11.5. The first-order valence-electron chi connectivity index (χ1n) is 13.6. The average Bonchev–Trinajstić information content (AvgIpc) is 3.24. The Morgan fingerprint density at radius 3 is 2.58 bits per heavy atom. The molecular weight excluding hydrogens is 530 g/mol. The van der Waals surface area contributed by atoms with Gasteiger partial charge in [0.05, 0.1) is 35.0 Å². The first-order chi connectivity index (χ1) is 19.2. The molecule has 0 saturated carbocycles. The molecule has 11 nitrogen and oxygen atoms in total. The molecular formula is C28H35N7O4S. The summed E-state index contributed by atoms with van der Waals surface area (Å²) in [5.41, 5.74) is 2.38. The fourth-order valence-electron chi connectivity index (χ4n) is 4.73. The number of aromatic nitrogens is 5. The van der Waals surface area contributed by atoms with Gasteiger partial charge >= 0.3 is 0 Å². The van der Waals surface area contributed by atoms with Crippen molar-refractivity contribution in [3.8, 4) is 17.1 Å². The predicted octanol–water partition coefficient (Wildman–Crippen LogP) is 2.91. The van der Waals surface area contributed by atoms with Gasteiger partial charge in [-0.25, -0.2) is 13.4 Å². The molecule has 0 bridgehead atoms. The van der Waals surface area contributed by atoms with Crippen LogP contribution in [0.2, 0.25) is 0 Å². The van der Waals surface area contributed by atoms with Crippen LogP contribution in [0.1, 0.15) is 38.1 Å². The van der Waals surface area contributed by atoms with Gasteiger partial charge in [0, 0.05) is 25.3 Å². The SMILES string of the molecule is CCCOc1ccc(S(=O)(=O)N2CC(N(C)C)C2)cc1-c1nc2c(CCC)n(Cc3ccccn3)nc2c(=O)[nH]1. The molecule has 0 atom stereocenters. The molecule has 212 valence electrons. The number of H-pyrrole nitrogens is 1. The van der Waals surface area contributed by atoms with E-state index in [0.29, 0.717) is 49.5 Å². The number of sulfonamides is 1. The second-order valence-corrected chi connectivity index (χ2v) is 12.2. The monoisotopic (exact) mass is 565 g/mol. The molecule has 5 rings (SSSR count). The molecule has 1 N–H and O–H groups in total. The van der Waals surface area contributed by atoms with Crippen LogP contribution in [0.4, 0.5) is 0 Å². The fraction of sp³-hybridized carbons (Fsp3) is 0.429. The van der Waals surface area contributed by atoms with E-state index >= 15 is 0 Å². The minimum Gasteiger partial charge on any atom is -0.493 e. The topological polar surface area (TPSA) is 126 Å². The number of ether oxygens (including phenoxy) is 1. The minimum absolute atomic E-state index is 0.130. The smallest absolute Gasteiger partial charge is 0.279 e. The lowest BCUT2D eigenvalue weighted by molar-refractivity contribution is 0.134. The molecule has 0 radical (unpaired) electrons. The van der Waals surface area contributed by atoms with Crippen molar-refractivity contribution < 1.29 is 13.2 Å². The van der Waals surface area contributed by atoms with E-state index in [0.717, 1.165) is 24.2 Å². The van der Waals surface area contributed by atoms with E-state index in [1.807, 2.05) is 44.1 Å². The van der Waals surface area contributed by atoms with Crippen molar-refractivity contribution >= 4 is 21.1 Å². The van der Waals surface area contributed by atoms with Gasteiger partial charge in [-0.2, -0.15) is 9.40 Å². The molecule has 4 heterocycles. The Labute approximate surface area is 233 Å². The standard InChI is InChI=1S/C28H35N7O4S/c1-5-9-23-25-26(32-35(23)16-19-10-7-8-13-29-19)28(36)31-27(30-25)22-15-21(11-12-24(22)39-14-6-2)40(37,38)34-17-20(18-34)33(3)4/h7-8,10-13,15,20H,5-6,9,14,16-18H2,1-4H3,(H,30,31,36). The number of hydrogen-bond donors (Lipinski definition) is 1. The number of likely N-dealkylation sites (N-methyl/N-ethyl adjacent to an activating group) is 1. The Morgan fingerprint density at radius 1 is 1.10 bits per heavy atom. The van der Waals surface area contributed by atoms with E-state index in [4.69, 9.17) is 9.72 Å². The van der Waals surface area contributed by atoms with Gasteiger partial charge in [-0.3, -0.25) is 14.5 Å². The van der Waals surface area contributed by atoms with Crippen LogP contribution in [0, 0.1) is 0 Å². The molecule has 40 heavy (non-hydrogen) atoms. The molecule has 1 aliphatic rings. The van der Waals surface area contributed by atoms with Crippen LogP contribution >= 0.6 is 0 Å². The molecule has 12 heteroatoms. The van der Waals surface area contributed by atoms with E-state index < -0.39 is 15.6 Å². The fourth-order valence-corrected chi connectivity index (χ4v) is 6.27. The average molecular weight is 566 g/mol. The van der Waals surface area contributed by atoms with Gasteiger partial charge in [-0.15, -0.1) is 0 Å². The number of pyridine rings is 1. The van der Waals surface area contributed by atoms with Crippen LogP contribution in [-0.4, -0.2) is 82.2 Å². The zero-order chi connectivity index (χ0) is 28.4. The van der Waals surface area contributed by atoms with Crippen LogP contribution in [0.25, 0.3) is 22.4 Å². The molecule has 1 aliphatic heterocycles. The summed E-state index contributed by atoms with van der Waals surface area (Å²) in [6.45, 7) is 5.74. The number of nitrogens with one attached hydrogen (secondary N) is 1. The molecule has 3 aromatic heterocycles. The third kappa shape index (κ3) is 5.38. The first kappa shape index (κ1) is 27.9. The lowest BCUT2D eigenvalue weighted by atomic mass is 10.1. The van der Waals surface area contributed by atoms with Crippen molar-refractivity contribution in [3.05, 3.63) is 64.3 Å². The molecule has 0 spiro atoms. The van der Waals surface area contributed by atoms with Crippen LogP contribution < -0.4 is 10.3 Å². The summed E-state index contributed by atoms with van der Waals surface area (Å²) in [6.07, 6.45) is 3.98. The van der Waals surface area contributed by atoms with Gasteiger partial charge in [0.25, 0.3) is 5.56 Å². The molecule has 1 saturated heterocycles. The molecule has 0 aliphatic carbocycles. The van der Waals surface area contributed by atoms with Gasteiger partial charge in [-0.05, 0) is 57.3 Å². The third-order valence-corrected chi connectivity index (χ3v) is 8.92. The number of nitrogens with zero attached hydrogens (tertiary/aromatic N) is 6. The molecule has 1 aromatic carbocycles. The summed E-state index contributed by atoms with van der Waals surface area (Å²) in [5, 5.41) is 4.59. The maximum atomic E-state index is 13.4. The van der Waals surface area contributed by atoms with E-state index in [9.17, 15) is 13.2 Å². The Bertz CT molecular complexity index is 1660. The molecule has 1 fully saturated rings. The Morgan fingerprint density at radius 2 is 1.90 bits per heavy atom. The Kier molecular flexibility index (Phi) is 8.02. The van der Waals surface area contributed by atoms with E-state index in [1.54, 1.807) is 29.1 Å². The summed E-state index contributed by atoms with van der Waals surface area (Å²) < 4.78 is 36.1. The zero-order valence-electron chi connectivity index (χ0n) is 23.3. The van der Waals surface area contributed by atoms with Gasteiger partial charge in [0.2, 0.25) is 10.0 Å². The van der Waals surface area contributed by atoms with Gasteiger partial charge in [0.15, 0.2) is 5.52 Å². The third-order valence-electron chi connectivity index (χ3n) is 7.09. The van der Waals surface area contributed by atoms with E-state index in [1.165, 1.54) is 4.31 Å². The second-order valence-electron chi connectivity index (χ2n) is 10.2. The van der Waals surface area contributed by atoms with Gasteiger partial charge in [0.1, 0.15) is 17.1 Å². The van der Waals surface area contributed by atoms with Crippen molar-refractivity contribution in [2.45, 2.75) is 50.6 Å².